The van der Waals surface area contributed by atoms with Crippen LogP contribution in [0.2, 0.25) is 0 Å². The van der Waals surface area contributed by atoms with Crippen LogP contribution in [0.4, 0.5) is 0 Å². The van der Waals surface area contributed by atoms with Crippen molar-refractivity contribution in [2.45, 2.75) is 65.4 Å². The second-order valence-corrected chi connectivity index (χ2v) is 7.13. The predicted molar refractivity (Wildman–Crippen MR) is 108 cm³/mol. The molecule has 0 saturated heterocycles. The van der Waals surface area contributed by atoms with Crippen molar-refractivity contribution in [3.63, 3.8) is 0 Å². The molecule has 0 saturated carbocycles. The first-order valence-electron chi connectivity index (χ1n) is 10.0. The molecule has 2 aromatic rings. The standard InChI is InChI=1S/C22H29NO6/c1-4-5-6-7-8-18-14(2)17-10-9-16(13-19(17)29-22(18)27)28-15(3)21(26)23-12-11-20(24)25/h9-10,13,15H,4-8,11-12H2,1-3H3,(H,23,26)(H,24,25)/p-1/t15-/m0/s1. The van der Waals surface area contributed by atoms with E-state index in [2.05, 4.69) is 12.2 Å². The number of aryl methyl sites for hydroxylation is 1. The number of hydrogen-bond donors (Lipinski definition) is 1. The number of hydrogen-bond acceptors (Lipinski definition) is 6. The van der Waals surface area contributed by atoms with Crippen molar-refractivity contribution in [3.8, 4) is 5.75 Å². The van der Waals surface area contributed by atoms with Crippen molar-refractivity contribution >= 4 is 22.8 Å². The maximum absolute atomic E-state index is 12.4. The molecule has 2 rings (SSSR count). The monoisotopic (exact) mass is 402 g/mol. The molecule has 0 aliphatic carbocycles. The molecule has 1 amide bonds. The molecule has 7 nitrogen and oxygen atoms in total. The summed E-state index contributed by atoms with van der Waals surface area (Å²) in [6.45, 7) is 5.59. The third kappa shape index (κ3) is 6.34. The molecule has 1 atom stereocenters. The average molecular weight is 402 g/mol. The van der Waals surface area contributed by atoms with E-state index in [1.54, 1.807) is 19.1 Å². The van der Waals surface area contributed by atoms with E-state index in [1.165, 1.54) is 0 Å². The van der Waals surface area contributed by atoms with Crippen molar-refractivity contribution in [2.24, 2.45) is 0 Å². The van der Waals surface area contributed by atoms with Gasteiger partial charge in [-0.25, -0.2) is 4.79 Å². The fourth-order valence-electron chi connectivity index (χ4n) is 3.15. The van der Waals surface area contributed by atoms with Crippen molar-refractivity contribution in [2.75, 3.05) is 6.54 Å². The van der Waals surface area contributed by atoms with Gasteiger partial charge in [0.05, 0.1) is 0 Å². The van der Waals surface area contributed by atoms with Gasteiger partial charge in [-0.1, -0.05) is 26.2 Å². The Labute approximate surface area is 170 Å². The molecular formula is C22H28NO6-. The summed E-state index contributed by atoms with van der Waals surface area (Å²) in [5.41, 5.74) is 1.69. The van der Waals surface area contributed by atoms with Gasteiger partial charge < -0.3 is 24.4 Å². The number of benzene rings is 1. The number of unbranched alkanes of at least 4 members (excludes halogenated alkanes) is 3. The number of nitrogens with one attached hydrogen (secondary N) is 1. The number of fused-ring (bicyclic) bond motifs is 1. The summed E-state index contributed by atoms with van der Waals surface area (Å²) >= 11 is 0. The highest BCUT2D eigenvalue weighted by Gasteiger charge is 2.16. The fraction of sp³-hybridized carbons (Fsp3) is 0.500. The Morgan fingerprint density at radius 3 is 2.69 bits per heavy atom. The molecule has 1 aromatic carbocycles. The summed E-state index contributed by atoms with van der Waals surface area (Å²) in [5.74, 6) is -1.28. The predicted octanol–water partition coefficient (Wildman–Crippen LogP) is 2.25. The van der Waals surface area contributed by atoms with Crippen molar-refractivity contribution in [1.82, 2.24) is 5.32 Å². The van der Waals surface area contributed by atoms with Crippen LogP contribution in [0.25, 0.3) is 11.0 Å². The number of carbonyl (C=O) groups excluding carboxylic acids is 2. The SMILES string of the molecule is CCCCCCc1c(C)c2ccc(O[C@@H](C)C(=O)NCCC(=O)[O-])cc2oc1=O. The van der Waals surface area contributed by atoms with E-state index in [0.29, 0.717) is 23.3 Å². The van der Waals surface area contributed by atoms with Crippen LogP contribution < -0.4 is 20.8 Å². The zero-order valence-electron chi connectivity index (χ0n) is 17.2. The zero-order valence-corrected chi connectivity index (χ0v) is 17.2. The third-order valence-corrected chi connectivity index (χ3v) is 4.85. The lowest BCUT2D eigenvalue weighted by atomic mass is 10.0. The number of rotatable bonds is 11. The first-order chi connectivity index (χ1) is 13.8. The van der Waals surface area contributed by atoms with Gasteiger partial charge >= 0.3 is 5.63 Å². The fourth-order valence-corrected chi connectivity index (χ4v) is 3.15. The number of carboxylic acid groups (broad SMARTS) is 1. The van der Waals surface area contributed by atoms with Crippen molar-refractivity contribution < 1.29 is 23.8 Å². The van der Waals surface area contributed by atoms with Crippen LogP contribution in [0.5, 0.6) is 5.75 Å². The molecule has 1 aromatic heterocycles. The molecule has 0 fully saturated rings. The van der Waals surface area contributed by atoms with Crippen LogP contribution in [-0.2, 0) is 16.0 Å². The molecule has 1 N–H and O–H groups in total. The summed E-state index contributed by atoms with van der Waals surface area (Å²) in [5, 5.41) is 13.7. The van der Waals surface area contributed by atoms with Gasteiger partial charge in [-0.2, -0.15) is 0 Å². The first kappa shape index (κ1) is 22.5. The van der Waals surface area contributed by atoms with Gasteiger partial charge in [0.2, 0.25) is 0 Å². The van der Waals surface area contributed by atoms with Gasteiger partial charge in [-0.15, -0.1) is 0 Å². The smallest absolute Gasteiger partial charge is 0.339 e. The highest BCUT2D eigenvalue weighted by molar-refractivity contribution is 5.83. The molecule has 0 aliphatic heterocycles. The Hall–Kier alpha value is -2.83. The lowest BCUT2D eigenvalue weighted by Crippen LogP contribution is -2.38. The van der Waals surface area contributed by atoms with Crippen LogP contribution in [0.1, 0.15) is 57.1 Å². The number of ether oxygens (including phenoxy) is 1. The van der Waals surface area contributed by atoms with Crippen molar-refractivity contribution in [3.05, 3.63) is 39.7 Å². The van der Waals surface area contributed by atoms with Gasteiger partial charge in [0.15, 0.2) is 6.10 Å². The normalized spacial score (nSPS) is 12.0. The molecule has 0 radical (unpaired) electrons. The summed E-state index contributed by atoms with van der Waals surface area (Å²) < 4.78 is 11.1. The lowest BCUT2D eigenvalue weighted by Gasteiger charge is -2.15. The van der Waals surface area contributed by atoms with E-state index in [1.807, 2.05) is 13.0 Å². The Morgan fingerprint density at radius 1 is 1.24 bits per heavy atom. The Kier molecular flexibility index (Phi) is 8.24. The Morgan fingerprint density at radius 2 is 2.00 bits per heavy atom. The third-order valence-electron chi connectivity index (χ3n) is 4.85. The van der Waals surface area contributed by atoms with Crippen molar-refractivity contribution in [1.29, 1.82) is 0 Å². The van der Waals surface area contributed by atoms with E-state index in [9.17, 15) is 19.5 Å². The highest BCUT2D eigenvalue weighted by Crippen LogP contribution is 2.25. The van der Waals surface area contributed by atoms with Crippen LogP contribution in [0, 0.1) is 6.92 Å². The van der Waals surface area contributed by atoms with Gasteiger partial charge in [-0.05, 0) is 44.4 Å². The topological polar surface area (TPSA) is 109 Å². The van der Waals surface area contributed by atoms with E-state index < -0.39 is 18.0 Å². The Bertz CT molecular complexity index is 917. The molecule has 0 spiro atoms. The molecule has 0 bridgehead atoms. The number of amides is 1. The number of carboxylic acids is 1. The quantitative estimate of drug-likeness (QED) is 0.456. The largest absolute Gasteiger partial charge is 0.550 e. The van der Waals surface area contributed by atoms with E-state index in [0.717, 1.165) is 36.6 Å². The van der Waals surface area contributed by atoms with Gasteiger partial charge in [0.25, 0.3) is 5.91 Å². The molecule has 29 heavy (non-hydrogen) atoms. The minimum Gasteiger partial charge on any atom is -0.550 e. The number of carbonyl (C=O) groups is 2. The minimum absolute atomic E-state index is 0.0261. The van der Waals surface area contributed by atoms with E-state index >= 15 is 0 Å². The molecule has 1 heterocycles. The van der Waals surface area contributed by atoms with Crippen LogP contribution in [0.3, 0.4) is 0 Å². The first-order valence-corrected chi connectivity index (χ1v) is 10.0. The van der Waals surface area contributed by atoms with Gasteiger partial charge in [0, 0.05) is 36.0 Å². The molecule has 0 aliphatic rings. The van der Waals surface area contributed by atoms with Gasteiger partial charge in [-0.3, -0.25) is 4.79 Å². The lowest BCUT2D eigenvalue weighted by molar-refractivity contribution is -0.305. The van der Waals surface area contributed by atoms with Gasteiger partial charge in [0.1, 0.15) is 11.3 Å². The van der Waals surface area contributed by atoms with Crippen LogP contribution >= 0.6 is 0 Å². The molecule has 0 unspecified atom stereocenters. The maximum Gasteiger partial charge on any atom is 0.339 e. The highest BCUT2D eigenvalue weighted by atomic mass is 16.5. The molecule has 7 heteroatoms. The molecule has 158 valence electrons. The summed E-state index contributed by atoms with van der Waals surface area (Å²) in [4.78, 5) is 34.8. The molecular weight excluding hydrogens is 374 g/mol. The number of aliphatic carboxylic acids is 1. The summed E-state index contributed by atoms with van der Waals surface area (Å²) in [6.07, 6.45) is 3.93. The maximum atomic E-state index is 12.4. The summed E-state index contributed by atoms with van der Waals surface area (Å²) in [6, 6.07) is 5.13. The van der Waals surface area contributed by atoms with Crippen LogP contribution in [-0.4, -0.2) is 24.5 Å². The average Bonchev–Trinajstić information content (AvgIpc) is 2.66. The van der Waals surface area contributed by atoms with Crippen LogP contribution in [0.15, 0.2) is 27.4 Å². The minimum atomic E-state index is -1.23. The second kappa shape index (κ2) is 10.6. The Balaban J connectivity index is 2.10. The van der Waals surface area contributed by atoms with E-state index in [4.69, 9.17) is 9.15 Å². The summed E-state index contributed by atoms with van der Waals surface area (Å²) in [7, 11) is 0. The second-order valence-electron chi connectivity index (χ2n) is 7.13. The van der Waals surface area contributed by atoms with E-state index in [-0.39, 0.29) is 18.6 Å². The zero-order chi connectivity index (χ0) is 21.4.